The summed E-state index contributed by atoms with van der Waals surface area (Å²) in [6.45, 7) is 1.65. The topological polar surface area (TPSA) is 72.0 Å². The lowest BCUT2D eigenvalue weighted by molar-refractivity contribution is 0.535. The number of nitrogens with zero attached hydrogens (tertiary/aromatic N) is 2. The van der Waals surface area contributed by atoms with Gasteiger partial charge in [0.25, 0.3) is 10.0 Å². The molecule has 19 heavy (non-hydrogen) atoms. The Morgan fingerprint density at radius 2 is 2.00 bits per heavy atom. The molecule has 0 saturated heterocycles. The second kappa shape index (κ2) is 5.41. The smallest absolute Gasteiger partial charge is 0.261 e. The fourth-order valence-electron chi connectivity index (χ4n) is 1.56. The van der Waals surface area contributed by atoms with Gasteiger partial charge in [-0.15, -0.1) is 0 Å². The molecule has 0 radical (unpaired) electrons. The first-order valence-corrected chi connectivity index (χ1v) is 7.02. The van der Waals surface area contributed by atoms with Gasteiger partial charge in [0.15, 0.2) is 5.82 Å². The maximum Gasteiger partial charge on any atom is 0.261 e. The van der Waals surface area contributed by atoms with Crippen LogP contribution in [0.1, 0.15) is 18.5 Å². The van der Waals surface area contributed by atoms with Crippen molar-refractivity contribution in [3.05, 3.63) is 54.2 Å². The summed E-state index contributed by atoms with van der Waals surface area (Å²) in [6, 6.07) is 5.28. The van der Waals surface area contributed by atoms with Crippen LogP contribution < -0.4 is 4.72 Å². The molecule has 0 aliphatic heterocycles. The van der Waals surface area contributed by atoms with Gasteiger partial charge >= 0.3 is 0 Å². The van der Waals surface area contributed by atoms with E-state index >= 15 is 0 Å². The molecule has 5 nitrogen and oxygen atoms in total. The fourth-order valence-corrected chi connectivity index (χ4v) is 2.80. The number of rotatable bonds is 4. The predicted molar refractivity (Wildman–Crippen MR) is 67.2 cm³/mol. The highest BCUT2D eigenvalue weighted by molar-refractivity contribution is 7.89. The first-order chi connectivity index (χ1) is 9.00. The summed E-state index contributed by atoms with van der Waals surface area (Å²) in [4.78, 5) is 7.46. The number of nitrogens with one attached hydrogen (secondary N) is 1. The van der Waals surface area contributed by atoms with Crippen LogP contribution in [0.2, 0.25) is 0 Å². The fraction of sp³-hybridized carbons (Fsp3) is 0.167. The molecule has 0 amide bonds. The standard InChI is InChI=1S/C12H12FN3O2S/c1-9(10-4-2-6-14-8-10)16-19(17,18)12-11(13)5-3-7-15-12/h2-9,16H,1H3. The molecule has 2 aromatic rings. The van der Waals surface area contributed by atoms with E-state index in [9.17, 15) is 12.8 Å². The van der Waals surface area contributed by atoms with Crippen LogP contribution in [0.3, 0.4) is 0 Å². The van der Waals surface area contributed by atoms with Gasteiger partial charge in [-0.05, 0) is 30.7 Å². The third kappa shape index (κ3) is 3.12. The van der Waals surface area contributed by atoms with Crippen molar-refractivity contribution in [3.8, 4) is 0 Å². The highest BCUT2D eigenvalue weighted by Gasteiger charge is 2.23. The third-order valence-electron chi connectivity index (χ3n) is 2.50. The van der Waals surface area contributed by atoms with Crippen LogP contribution in [0.25, 0.3) is 0 Å². The lowest BCUT2D eigenvalue weighted by Gasteiger charge is -2.13. The third-order valence-corrected chi connectivity index (χ3v) is 3.97. The van der Waals surface area contributed by atoms with Gasteiger partial charge in [-0.1, -0.05) is 6.07 Å². The van der Waals surface area contributed by atoms with Crippen molar-refractivity contribution in [2.45, 2.75) is 18.0 Å². The highest BCUT2D eigenvalue weighted by atomic mass is 32.2. The second-order valence-electron chi connectivity index (χ2n) is 3.92. The van der Waals surface area contributed by atoms with Crippen LogP contribution in [-0.4, -0.2) is 18.4 Å². The van der Waals surface area contributed by atoms with E-state index in [1.165, 1.54) is 12.3 Å². The van der Waals surface area contributed by atoms with Crippen LogP contribution in [0.15, 0.2) is 47.9 Å². The van der Waals surface area contributed by atoms with Crippen molar-refractivity contribution in [2.75, 3.05) is 0 Å². The van der Waals surface area contributed by atoms with Crippen LogP contribution in [0.5, 0.6) is 0 Å². The molecule has 1 unspecified atom stereocenters. The quantitative estimate of drug-likeness (QED) is 0.925. The molecule has 0 saturated carbocycles. The second-order valence-corrected chi connectivity index (χ2v) is 5.55. The number of pyridine rings is 2. The van der Waals surface area contributed by atoms with E-state index in [-0.39, 0.29) is 0 Å². The summed E-state index contributed by atoms with van der Waals surface area (Å²) in [5.74, 6) is -0.881. The normalized spacial score (nSPS) is 13.2. The lowest BCUT2D eigenvalue weighted by atomic mass is 10.2. The van der Waals surface area contributed by atoms with Crippen molar-refractivity contribution < 1.29 is 12.8 Å². The van der Waals surface area contributed by atoms with E-state index in [2.05, 4.69) is 14.7 Å². The van der Waals surface area contributed by atoms with E-state index in [1.807, 2.05) is 0 Å². The van der Waals surface area contributed by atoms with Gasteiger partial charge in [0.05, 0.1) is 0 Å². The van der Waals surface area contributed by atoms with Crippen LogP contribution in [-0.2, 0) is 10.0 Å². The first-order valence-electron chi connectivity index (χ1n) is 5.53. The van der Waals surface area contributed by atoms with E-state index in [4.69, 9.17) is 0 Å². The molecule has 2 aromatic heterocycles. The Morgan fingerprint density at radius 3 is 2.63 bits per heavy atom. The van der Waals surface area contributed by atoms with Crippen molar-refractivity contribution >= 4 is 10.0 Å². The Kier molecular flexibility index (Phi) is 3.87. The number of hydrogen-bond donors (Lipinski definition) is 1. The largest absolute Gasteiger partial charge is 0.264 e. The zero-order valence-electron chi connectivity index (χ0n) is 10.1. The van der Waals surface area contributed by atoms with Crippen LogP contribution in [0.4, 0.5) is 4.39 Å². The molecule has 7 heteroatoms. The summed E-state index contributed by atoms with van der Waals surface area (Å²) in [5.41, 5.74) is 0.683. The van der Waals surface area contributed by atoms with Gasteiger partial charge in [0, 0.05) is 24.6 Å². The van der Waals surface area contributed by atoms with E-state index in [0.717, 1.165) is 6.07 Å². The molecular formula is C12H12FN3O2S. The molecule has 0 aliphatic carbocycles. The number of halogens is 1. The van der Waals surface area contributed by atoms with E-state index < -0.39 is 26.9 Å². The zero-order valence-corrected chi connectivity index (χ0v) is 10.9. The number of sulfonamides is 1. The summed E-state index contributed by atoms with van der Waals surface area (Å²) < 4.78 is 39.8. The molecule has 2 rings (SSSR count). The van der Waals surface area contributed by atoms with Crippen LogP contribution in [0, 0.1) is 5.82 Å². The van der Waals surface area contributed by atoms with Gasteiger partial charge in [-0.25, -0.2) is 22.5 Å². The van der Waals surface area contributed by atoms with E-state index in [0.29, 0.717) is 5.56 Å². The SMILES string of the molecule is CC(NS(=O)(=O)c1ncccc1F)c1cccnc1. The predicted octanol–water partition coefficient (Wildman–Crippen LogP) is 1.66. The minimum absolute atomic E-state index is 0.528. The maximum absolute atomic E-state index is 13.4. The lowest BCUT2D eigenvalue weighted by Crippen LogP contribution is -2.28. The maximum atomic E-state index is 13.4. The summed E-state index contributed by atoms with van der Waals surface area (Å²) >= 11 is 0. The molecule has 1 N–H and O–H groups in total. The van der Waals surface area contributed by atoms with Gasteiger partial charge in [-0.2, -0.15) is 0 Å². The van der Waals surface area contributed by atoms with Crippen molar-refractivity contribution in [1.82, 2.24) is 14.7 Å². The average Bonchev–Trinajstić information content (AvgIpc) is 2.39. The Balaban J connectivity index is 2.26. The van der Waals surface area contributed by atoms with Crippen molar-refractivity contribution in [3.63, 3.8) is 0 Å². The molecule has 0 aromatic carbocycles. The number of hydrogen-bond acceptors (Lipinski definition) is 4. The molecule has 0 fully saturated rings. The van der Waals surface area contributed by atoms with Gasteiger partial charge in [0.1, 0.15) is 0 Å². The Morgan fingerprint density at radius 1 is 1.26 bits per heavy atom. The first kappa shape index (κ1) is 13.6. The number of aromatic nitrogens is 2. The van der Waals surface area contributed by atoms with Gasteiger partial charge in [0.2, 0.25) is 5.03 Å². The van der Waals surface area contributed by atoms with Gasteiger partial charge < -0.3 is 0 Å². The Bertz CT molecular complexity index is 662. The molecule has 0 spiro atoms. The van der Waals surface area contributed by atoms with Crippen molar-refractivity contribution in [2.24, 2.45) is 0 Å². The monoisotopic (exact) mass is 281 g/mol. The van der Waals surface area contributed by atoms with Crippen molar-refractivity contribution in [1.29, 1.82) is 0 Å². The zero-order chi connectivity index (χ0) is 13.9. The Labute approximate surface area is 110 Å². The summed E-state index contributed by atoms with van der Waals surface area (Å²) in [7, 11) is -4.00. The highest BCUT2D eigenvalue weighted by Crippen LogP contribution is 2.16. The van der Waals surface area contributed by atoms with E-state index in [1.54, 1.807) is 31.5 Å². The molecular weight excluding hydrogens is 269 g/mol. The minimum Gasteiger partial charge on any atom is -0.264 e. The minimum atomic E-state index is -4.00. The Hall–Kier alpha value is -1.86. The summed E-state index contributed by atoms with van der Waals surface area (Å²) in [6.07, 6.45) is 4.36. The molecule has 0 aliphatic rings. The molecule has 1 atom stereocenters. The molecule has 2 heterocycles. The molecule has 100 valence electrons. The van der Waals surface area contributed by atoms with Gasteiger partial charge in [-0.3, -0.25) is 4.98 Å². The summed E-state index contributed by atoms with van der Waals surface area (Å²) in [5, 5.41) is -0.606. The average molecular weight is 281 g/mol. The molecule has 0 bridgehead atoms. The van der Waals surface area contributed by atoms with Crippen LogP contribution >= 0.6 is 0 Å².